The lowest BCUT2D eigenvalue weighted by Gasteiger charge is -2.36. The van der Waals surface area contributed by atoms with Crippen LogP contribution in [0.4, 0.5) is 20.4 Å². The zero-order valence-corrected chi connectivity index (χ0v) is 17.0. The molecule has 6 nitrogen and oxygen atoms in total. The molecule has 0 bridgehead atoms. The number of halogens is 3. The molecule has 0 radical (unpaired) electrons. The Morgan fingerprint density at radius 1 is 1.07 bits per heavy atom. The van der Waals surface area contributed by atoms with E-state index in [1.54, 1.807) is 12.4 Å². The first-order valence-electron chi connectivity index (χ1n) is 10.1. The molecule has 2 aromatic heterocycles. The van der Waals surface area contributed by atoms with Crippen molar-refractivity contribution in [1.29, 1.82) is 0 Å². The summed E-state index contributed by atoms with van der Waals surface area (Å²) < 4.78 is 27.4. The number of pyridine rings is 1. The molecule has 2 fully saturated rings. The minimum Gasteiger partial charge on any atom is -0.364 e. The zero-order chi connectivity index (χ0) is 20.7. The smallest absolute Gasteiger partial charge is 0.172 e. The highest BCUT2D eigenvalue weighted by Crippen LogP contribution is 2.32. The van der Waals surface area contributed by atoms with Gasteiger partial charge in [0.1, 0.15) is 22.7 Å². The van der Waals surface area contributed by atoms with Crippen molar-refractivity contribution in [2.24, 2.45) is 0 Å². The second-order valence-corrected chi connectivity index (χ2v) is 8.21. The molecule has 156 valence electrons. The van der Waals surface area contributed by atoms with Gasteiger partial charge in [-0.3, -0.25) is 9.88 Å². The van der Waals surface area contributed by atoms with Crippen LogP contribution in [0, 0.1) is 11.6 Å². The van der Waals surface area contributed by atoms with Crippen molar-refractivity contribution in [3.8, 4) is 0 Å². The second kappa shape index (κ2) is 7.92. The van der Waals surface area contributed by atoms with E-state index in [0.717, 1.165) is 30.5 Å². The monoisotopic (exact) mass is 430 g/mol. The third-order valence-electron chi connectivity index (χ3n) is 5.51. The van der Waals surface area contributed by atoms with E-state index in [9.17, 15) is 8.78 Å². The fourth-order valence-electron chi connectivity index (χ4n) is 3.70. The maximum Gasteiger partial charge on any atom is 0.172 e. The van der Waals surface area contributed by atoms with Crippen LogP contribution in [0.2, 0.25) is 5.02 Å². The number of anilines is 2. The molecule has 3 heterocycles. The largest absolute Gasteiger partial charge is 0.364 e. The van der Waals surface area contributed by atoms with Crippen molar-refractivity contribution in [3.05, 3.63) is 52.8 Å². The Kier molecular flexibility index (Phi) is 5.12. The summed E-state index contributed by atoms with van der Waals surface area (Å²) in [6.45, 7) is 3.24. The average Bonchev–Trinajstić information content (AvgIpc) is 3.56. The van der Waals surface area contributed by atoms with Gasteiger partial charge in [0.05, 0.1) is 11.2 Å². The average molecular weight is 431 g/mol. The highest BCUT2D eigenvalue weighted by molar-refractivity contribution is 6.34. The molecule has 2 aliphatic rings. The van der Waals surface area contributed by atoms with E-state index >= 15 is 0 Å². The lowest BCUT2D eigenvalue weighted by molar-refractivity contribution is 0.246. The molecule has 9 heteroatoms. The maximum absolute atomic E-state index is 14.0. The number of aromatic nitrogens is 3. The highest BCUT2D eigenvalue weighted by Gasteiger charge is 2.27. The number of hydrogen-bond donors (Lipinski definition) is 1. The first-order valence-corrected chi connectivity index (χ1v) is 10.4. The summed E-state index contributed by atoms with van der Waals surface area (Å²) in [6, 6.07) is 4.02. The highest BCUT2D eigenvalue weighted by atomic mass is 35.5. The van der Waals surface area contributed by atoms with E-state index in [1.807, 2.05) is 0 Å². The number of benzene rings is 1. The van der Waals surface area contributed by atoms with Crippen LogP contribution in [-0.2, 0) is 6.54 Å². The number of nitrogens with one attached hydrogen (secondary N) is 1. The first-order chi connectivity index (χ1) is 14.6. The molecule has 1 aliphatic carbocycles. The van der Waals surface area contributed by atoms with Gasteiger partial charge in [0.2, 0.25) is 0 Å². The van der Waals surface area contributed by atoms with Gasteiger partial charge in [0, 0.05) is 50.5 Å². The summed E-state index contributed by atoms with van der Waals surface area (Å²) in [5.41, 5.74) is 1.67. The maximum atomic E-state index is 14.0. The van der Waals surface area contributed by atoms with E-state index in [-0.39, 0.29) is 5.82 Å². The summed E-state index contributed by atoms with van der Waals surface area (Å²) in [4.78, 5) is 18.0. The third-order valence-corrected chi connectivity index (χ3v) is 5.78. The number of hydrogen-bond acceptors (Lipinski definition) is 6. The summed E-state index contributed by atoms with van der Waals surface area (Å²) >= 11 is 6.27. The normalized spacial score (nSPS) is 17.5. The summed E-state index contributed by atoms with van der Waals surface area (Å²) in [5.74, 6) is 0.733. The standard InChI is InChI=1S/C21H21ClF2N6/c22-16-10-25-11-18-19(16)28-20(26-15-2-3-15)21(27-18)30-7-5-29(6-8-30)12-13-9-14(23)1-4-17(13)24/h1,4,9-11,15H,2-3,5-8,12H2,(H,26,28). The van der Waals surface area contributed by atoms with Gasteiger partial charge in [-0.25, -0.2) is 18.7 Å². The van der Waals surface area contributed by atoms with Crippen molar-refractivity contribution in [3.63, 3.8) is 0 Å². The van der Waals surface area contributed by atoms with E-state index in [2.05, 4.69) is 20.1 Å². The molecule has 1 aromatic carbocycles. The van der Waals surface area contributed by atoms with Crippen LogP contribution in [0.3, 0.4) is 0 Å². The summed E-state index contributed by atoms with van der Waals surface area (Å²) in [7, 11) is 0. The molecule has 3 aromatic rings. The van der Waals surface area contributed by atoms with E-state index in [4.69, 9.17) is 21.6 Å². The van der Waals surface area contributed by atoms with Crippen LogP contribution in [0.1, 0.15) is 18.4 Å². The van der Waals surface area contributed by atoms with Gasteiger partial charge in [-0.15, -0.1) is 0 Å². The van der Waals surface area contributed by atoms with Crippen molar-refractivity contribution >= 4 is 34.3 Å². The van der Waals surface area contributed by atoms with Gasteiger partial charge in [-0.2, -0.15) is 0 Å². The van der Waals surface area contributed by atoms with Crippen LogP contribution in [-0.4, -0.2) is 52.1 Å². The molecule has 1 saturated heterocycles. The molecule has 0 unspecified atom stereocenters. The second-order valence-electron chi connectivity index (χ2n) is 7.80. The fraction of sp³-hybridized carbons (Fsp3) is 0.381. The Bertz CT molecular complexity index is 1080. The summed E-state index contributed by atoms with van der Waals surface area (Å²) in [5, 5.41) is 3.95. The van der Waals surface area contributed by atoms with E-state index in [1.165, 1.54) is 12.1 Å². The molecule has 1 aliphatic heterocycles. The van der Waals surface area contributed by atoms with E-state index < -0.39 is 5.82 Å². The number of fused-ring (bicyclic) bond motifs is 1. The Hall–Kier alpha value is -2.58. The molecule has 0 atom stereocenters. The predicted octanol–water partition coefficient (Wildman–Crippen LogP) is 3.85. The lowest BCUT2D eigenvalue weighted by Crippen LogP contribution is -2.46. The number of rotatable bonds is 5. The van der Waals surface area contributed by atoms with Crippen molar-refractivity contribution in [1.82, 2.24) is 19.9 Å². The molecule has 30 heavy (non-hydrogen) atoms. The van der Waals surface area contributed by atoms with Crippen LogP contribution >= 0.6 is 11.6 Å². The van der Waals surface area contributed by atoms with Gasteiger partial charge in [0.25, 0.3) is 0 Å². The Morgan fingerprint density at radius 2 is 1.87 bits per heavy atom. The predicted molar refractivity (Wildman–Crippen MR) is 113 cm³/mol. The number of piperazine rings is 1. The molecular weight excluding hydrogens is 410 g/mol. The topological polar surface area (TPSA) is 57.2 Å². The Morgan fingerprint density at radius 3 is 2.63 bits per heavy atom. The van der Waals surface area contributed by atoms with Crippen LogP contribution in [0.25, 0.3) is 11.0 Å². The van der Waals surface area contributed by atoms with Gasteiger partial charge in [-0.1, -0.05) is 11.6 Å². The van der Waals surface area contributed by atoms with Gasteiger partial charge in [0.15, 0.2) is 11.6 Å². The molecule has 5 rings (SSSR count). The Labute approximate surface area is 177 Å². The summed E-state index contributed by atoms with van der Waals surface area (Å²) in [6.07, 6.45) is 5.48. The molecule has 1 saturated carbocycles. The van der Waals surface area contributed by atoms with Crippen LogP contribution in [0.15, 0.2) is 30.6 Å². The lowest BCUT2D eigenvalue weighted by atomic mass is 10.1. The fourth-order valence-corrected chi connectivity index (χ4v) is 3.90. The van der Waals surface area contributed by atoms with Crippen molar-refractivity contribution in [2.75, 3.05) is 36.4 Å². The quantitative estimate of drug-likeness (QED) is 0.663. The van der Waals surface area contributed by atoms with Gasteiger partial charge < -0.3 is 10.2 Å². The van der Waals surface area contributed by atoms with E-state index in [0.29, 0.717) is 60.4 Å². The minimum absolute atomic E-state index is 0.375. The van der Waals surface area contributed by atoms with Crippen LogP contribution in [0.5, 0.6) is 0 Å². The zero-order valence-electron chi connectivity index (χ0n) is 16.3. The third kappa shape index (κ3) is 4.02. The first kappa shape index (κ1) is 19.4. The number of nitrogens with zero attached hydrogens (tertiary/aromatic N) is 5. The molecule has 1 N–H and O–H groups in total. The molecule has 0 amide bonds. The van der Waals surface area contributed by atoms with Gasteiger partial charge in [-0.05, 0) is 31.0 Å². The molecule has 0 spiro atoms. The SMILES string of the molecule is Fc1ccc(F)c(CN2CCN(c3nc4cncc(Cl)c4nc3NC3CC3)CC2)c1. The van der Waals surface area contributed by atoms with Crippen molar-refractivity contribution in [2.45, 2.75) is 25.4 Å². The van der Waals surface area contributed by atoms with Crippen molar-refractivity contribution < 1.29 is 8.78 Å². The Balaban J connectivity index is 1.35. The molecular formula is C21H21ClF2N6. The minimum atomic E-state index is -0.417. The van der Waals surface area contributed by atoms with Gasteiger partial charge >= 0.3 is 0 Å². The van der Waals surface area contributed by atoms with Crippen LogP contribution < -0.4 is 10.2 Å².